The zero-order valence-electron chi connectivity index (χ0n) is 17.8. The summed E-state index contributed by atoms with van der Waals surface area (Å²) < 4.78 is 28.3. The third kappa shape index (κ3) is 3.65. The van der Waals surface area contributed by atoms with Gasteiger partial charge in [0.15, 0.2) is 0 Å². The standard InChI is InChI=1S/C22H27N5O2S/c1-15(2)20-16(3)24-17(4)25-22(20)26-11-13-27(14-12-26)30(28,29)19-9-5-7-18-8-6-10-23-21(18)19/h5-10,15H,11-14H2,1-4H3. The van der Waals surface area contributed by atoms with E-state index in [1.165, 1.54) is 0 Å². The Bertz CT molecular complexity index is 1180. The lowest BCUT2D eigenvalue weighted by atomic mass is 10.0. The van der Waals surface area contributed by atoms with Crippen LogP contribution in [-0.4, -0.2) is 53.9 Å². The van der Waals surface area contributed by atoms with Gasteiger partial charge in [-0.15, -0.1) is 0 Å². The average Bonchev–Trinajstić information content (AvgIpc) is 2.72. The number of pyridine rings is 1. The van der Waals surface area contributed by atoms with Gasteiger partial charge in [0, 0.05) is 49.0 Å². The fraction of sp³-hybridized carbons (Fsp3) is 0.409. The first-order valence-electron chi connectivity index (χ1n) is 10.2. The van der Waals surface area contributed by atoms with Crippen LogP contribution in [0.15, 0.2) is 41.4 Å². The molecule has 0 N–H and O–H groups in total. The number of hydrogen-bond donors (Lipinski definition) is 0. The van der Waals surface area contributed by atoms with E-state index in [2.05, 4.69) is 28.7 Å². The molecule has 1 saturated heterocycles. The van der Waals surface area contributed by atoms with Gasteiger partial charge in [-0.25, -0.2) is 18.4 Å². The average molecular weight is 426 g/mol. The van der Waals surface area contributed by atoms with E-state index in [-0.39, 0.29) is 4.90 Å². The third-order valence-electron chi connectivity index (χ3n) is 5.56. The number of rotatable bonds is 4. The van der Waals surface area contributed by atoms with Crippen molar-refractivity contribution in [3.63, 3.8) is 0 Å². The second-order valence-electron chi connectivity index (χ2n) is 7.97. The van der Waals surface area contributed by atoms with Gasteiger partial charge in [0.25, 0.3) is 0 Å². The summed E-state index contributed by atoms with van der Waals surface area (Å²) in [4.78, 5) is 16.0. The van der Waals surface area contributed by atoms with Crippen molar-refractivity contribution in [2.24, 2.45) is 0 Å². The number of nitrogens with zero attached hydrogens (tertiary/aromatic N) is 5. The first kappa shape index (κ1) is 20.7. The van der Waals surface area contributed by atoms with Crippen LogP contribution in [0.25, 0.3) is 10.9 Å². The fourth-order valence-corrected chi connectivity index (χ4v) is 5.77. The van der Waals surface area contributed by atoms with Crippen LogP contribution in [0, 0.1) is 13.8 Å². The zero-order chi connectivity index (χ0) is 21.5. The molecule has 0 bridgehead atoms. The highest BCUT2D eigenvalue weighted by atomic mass is 32.2. The van der Waals surface area contributed by atoms with Gasteiger partial charge in [0.05, 0.1) is 5.52 Å². The van der Waals surface area contributed by atoms with Crippen molar-refractivity contribution in [3.8, 4) is 0 Å². The Morgan fingerprint density at radius 1 is 0.967 bits per heavy atom. The van der Waals surface area contributed by atoms with Crippen molar-refractivity contribution >= 4 is 26.7 Å². The summed E-state index contributed by atoms with van der Waals surface area (Å²) in [7, 11) is -3.63. The molecule has 158 valence electrons. The Morgan fingerprint density at radius 2 is 1.67 bits per heavy atom. The summed E-state index contributed by atoms with van der Waals surface area (Å²) in [5.74, 6) is 1.96. The van der Waals surface area contributed by atoms with Crippen molar-refractivity contribution in [1.29, 1.82) is 0 Å². The summed E-state index contributed by atoms with van der Waals surface area (Å²) in [5.41, 5.74) is 2.64. The number of anilines is 1. The minimum absolute atomic E-state index is 0.269. The smallest absolute Gasteiger partial charge is 0.245 e. The van der Waals surface area contributed by atoms with Crippen LogP contribution in [0.2, 0.25) is 0 Å². The van der Waals surface area contributed by atoms with Crippen LogP contribution in [-0.2, 0) is 10.0 Å². The number of piperazine rings is 1. The van der Waals surface area contributed by atoms with Gasteiger partial charge in [-0.05, 0) is 31.9 Å². The molecule has 1 fully saturated rings. The van der Waals surface area contributed by atoms with E-state index < -0.39 is 10.0 Å². The fourth-order valence-electron chi connectivity index (χ4n) is 4.18. The van der Waals surface area contributed by atoms with Crippen LogP contribution >= 0.6 is 0 Å². The van der Waals surface area contributed by atoms with E-state index in [1.807, 2.05) is 32.0 Å². The molecule has 0 amide bonds. The van der Waals surface area contributed by atoms with Crippen molar-refractivity contribution < 1.29 is 8.42 Å². The number of para-hydroxylation sites is 1. The quantitative estimate of drug-likeness (QED) is 0.638. The van der Waals surface area contributed by atoms with Crippen molar-refractivity contribution in [1.82, 2.24) is 19.3 Å². The molecule has 2 aromatic heterocycles. The number of benzene rings is 1. The third-order valence-corrected chi connectivity index (χ3v) is 7.49. The van der Waals surface area contributed by atoms with Gasteiger partial charge in [-0.3, -0.25) is 4.98 Å². The Balaban J connectivity index is 1.61. The van der Waals surface area contributed by atoms with Crippen molar-refractivity contribution in [2.75, 3.05) is 31.1 Å². The lowest BCUT2D eigenvalue weighted by molar-refractivity contribution is 0.383. The molecule has 1 aromatic carbocycles. The molecule has 0 saturated carbocycles. The molecule has 0 radical (unpaired) electrons. The topological polar surface area (TPSA) is 79.3 Å². The first-order chi connectivity index (χ1) is 14.3. The summed E-state index contributed by atoms with van der Waals surface area (Å²) in [5, 5.41) is 0.825. The summed E-state index contributed by atoms with van der Waals surface area (Å²) in [6.07, 6.45) is 1.63. The van der Waals surface area contributed by atoms with Crippen LogP contribution in [0.5, 0.6) is 0 Å². The predicted molar refractivity (Wildman–Crippen MR) is 118 cm³/mol. The summed E-state index contributed by atoms with van der Waals surface area (Å²) >= 11 is 0. The Hall–Kier alpha value is -2.58. The predicted octanol–water partition coefficient (Wildman–Crippen LogP) is 3.28. The number of hydrogen-bond acceptors (Lipinski definition) is 6. The van der Waals surface area contributed by atoms with Crippen molar-refractivity contribution in [3.05, 3.63) is 53.6 Å². The van der Waals surface area contributed by atoms with Gasteiger partial charge < -0.3 is 4.90 Å². The molecule has 3 aromatic rings. The van der Waals surface area contributed by atoms with Gasteiger partial charge in [0.2, 0.25) is 10.0 Å². The molecule has 8 heteroatoms. The molecule has 30 heavy (non-hydrogen) atoms. The molecular formula is C22H27N5O2S. The molecule has 0 atom stereocenters. The van der Waals surface area contributed by atoms with Gasteiger partial charge in [0.1, 0.15) is 16.5 Å². The Morgan fingerprint density at radius 3 is 2.37 bits per heavy atom. The number of aromatic nitrogens is 3. The largest absolute Gasteiger partial charge is 0.354 e. The van der Waals surface area contributed by atoms with E-state index in [4.69, 9.17) is 4.98 Å². The zero-order valence-corrected chi connectivity index (χ0v) is 18.6. The maximum atomic E-state index is 13.4. The SMILES string of the molecule is Cc1nc(C)c(C(C)C)c(N2CCN(S(=O)(=O)c3cccc4cccnc34)CC2)n1. The van der Waals surface area contributed by atoms with E-state index >= 15 is 0 Å². The molecular weight excluding hydrogens is 398 g/mol. The first-order valence-corrected chi connectivity index (χ1v) is 11.7. The molecule has 0 spiro atoms. The minimum Gasteiger partial charge on any atom is -0.354 e. The van der Waals surface area contributed by atoms with Gasteiger partial charge >= 0.3 is 0 Å². The van der Waals surface area contributed by atoms with Crippen LogP contribution in [0.4, 0.5) is 5.82 Å². The van der Waals surface area contributed by atoms with Crippen LogP contribution < -0.4 is 4.90 Å². The second-order valence-corrected chi connectivity index (χ2v) is 9.88. The second kappa shape index (κ2) is 7.92. The molecule has 0 aliphatic carbocycles. The van der Waals surface area contributed by atoms with E-state index in [1.54, 1.807) is 22.6 Å². The van der Waals surface area contributed by atoms with E-state index in [9.17, 15) is 8.42 Å². The molecule has 7 nitrogen and oxygen atoms in total. The lowest BCUT2D eigenvalue weighted by Crippen LogP contribution is -2.49. The number of aryl methyl sites for hydroxylation is 2. The van der Waals surface area contributed by atoms with Crippen molar-refractivity contribution in [2.45, 2.75) is 38.5 Å². The lowest BCUT2D eigenvalue weighted by Gasteiger charge is -2.36. The maximum Gasteiger partial charge on any atom is 0.245 e. The number of fused-ring (bicyclic) bond motifs is 1. The molecule has 1 aliphatic heterocycles. The molecule has 3 heterocycles. The van der Waals surface area contributed by atoms with Gasteiger partial charge in [-0.2, -0.15) is 4.31 Å². The minimum atomic E-state index is -3.63. The number of sulfonamides is 1. The van der Waals surface area contributed by atoms with E-state index in [0.717, 1.165) is 28.3 Å². The molecule has 0 unspecified atom stereocenters. The highest BCUT2D eigenvalue weighted by Crippen LogP contribution is 2.30. The highest BCUT2D eigenvalue weighted by molar-refractivity contribution is 7.89. The highest BCUT2D eigenvalue weighted by Gasteiger charge is 2.31. The van der Waals surface area contributed by atoms with Gasteiger partial charge in [-0.1, -0.05) is 32.0 Å². The summed E-state index contributed by atoms with van der Waals surface area (Å²) in [6.45, 7) is 10.2. The van der Waals surface area contributed by atoms with Crippen LogP contribution in [0.1, 0.15) is 36.8 Å². The Kier molecular flexibility index (Phi) is 5.46. The van der Waals surface area contributed by atoms with E-state index in [0.29, 0.717) is 37.6 Å². The Labute approximate surface area is 177 Å². The van der Waals surface area contributed by atoms with Crippen LogP contribution in [0.3, 0.4) is 0 Å². The monoisotopic (exact) mass is 425 g/mol. The maximum absolute atomic E-state index is 13.4. The summed E-state index contributed by atoms with van der Waals surface area (Å²) in [6, 6.07) is 8.99. The molecule has 1 aliphatic rings. The molecule has 4 rings (SSSR count). The normalized spacial score (nSPS) is 15.8.